The van der Waals surface area contributed by atoms with Crippen molar-refractivity contribution in [3.8, 4) is 0 Å². The van der Waals surface area contributed by atoms with Crippen LogP contribution >= 0.6 is 23.4 Å². The molecule has 6 heteroatoms. The molecule has 0 bridgehead atoms. The van der Waals surface area contributed by atoms with Gasteiger partial charge in [0.15, 0.2) is 0 Å². The SMILES string of the molecule is O=C(O)Cc1ccc(Sc2ccc(C(=O)O)cc2)c(Cl)c1. The first kappa shape index (κ1) is 15.4. The molecule has 2 aromatic rings. The van der Waals surface area contributed by atoms with Gasteiger partial charge in [0.1, 0.15) is 0 Å². The third-order valence-electron chi connectivity index (χ3n) is 2.68. The lowest BCUT2D eigenvalue weighted by molar-refractivity contribution is -0.136. The average Bonchev–Trinajstić information content (AvgIpc) is 2.42. The number of aliphatic carboxylic acids is 1. The molecular weight excluding hydrogens is 312 g/mol. The summed E-state index contributed by atoms with van der Waals surface area (Å²) in [5, 5.41) is 18.0. The molecule has 4 nitrogen and oxygen atoms in total. The summed E-state index contributed by atoms with van der Waals surface area (Å²) < 4.78 is 0. The zero-order valence-electron chi connectivity index (χ0n) is 10.7. The number of aromatic carboxylic acids is 1. The van der Waals surface area contributed by atoms with Gasteiger partial charge >= 0.3 is 11.9 Å². The molecule has 0 saturated carbocycles. The fourth-order valence-electron chi connectivity index (χ4n) is 1.70. The van der Waals surface area contributed by atoms with E-state index in [1.165, 1.54) is 23.9 Å². The van der Waals surface area contributed by atoms with E-state index in [9.17, 15) is 9.59 Å². The van der Waals surface area contributed by atoms with E-state index >= 15 is 0 Å². The predicted molar refractivity (Wildman–Crippen MR) is 80.3 cm³/mol. The molecule has 0 aliphatic rings. The summed E-state index contributed by atoms with van der Waals surface area (Å²) in [7, 11) is 0. The lowest BCUT2D eigenvalue weighted by atomic mass is 10.1. The highest BCUT2D eigenvalue weighted by Crippen LogP contribution is 2.34. The summed E-state index contributed by atoms with van der Waals surface area (Å²) >= 11 is 7.53. The van der Waals surface area contributed by atoms with Crippen LogP contribution in [-0.2, 0) is 11.2 Å². The molecular formula is C15H11ClO4S. The zero-order chi connectivity index (χ0) is 15.4. The fraction of sp³-hybridized carbons (Fsp3) is 0.0667. The largest absolute Gasteiger partial charge is 0.481 e. The van der Waals surface area contributed by atoms with Gasteiger partial charge in [0.05, 0.1) is 17.0 Å². The first-order chi connectivity index (χ1) is 9.95. The molecule has 0 aliphatic heterocycles. The van der Waals surface area contributed by atoms with E-state index in [0.717, 1.165) is 9.79 Å². The highest BCUT2D eigenvalue weighted by atomic mass is 35.5. The van der Waals surface area contributed by atoms with Gasteiger partial charge in [-0.25, -0.2) is 4.79 Å². The molecule has 0 unspecified atom stereocenters. The maximum atomic E-state index is 10.8. The lowest BCUT2D eigenvalue weighted by Gasteiger charge is -2.06. The summed E-state index contributed by atoms with van der Waals surface area (Å²) in [4.78, 5) is 23.1. The average molecular weight is 323 g/mol. The third kappa shape index (κ3) is 4.24. The van der Waals surface area contributed by atoms with Gasteiger partial charge in [-0.1, -0.05) is 29.4 Å². The minimum atomic E-state index is -0.970. The van der Waals surface area contributed by atoms with Crippen LogP contribution in [-0.4, -0.2) is 22.2 Å². The van der Waals surface area contributed by atoms with Crippen molar-refractivity contribution in [1.29, 1.82) is 0 Å². The fourth-order valence-corrected chi connectivity index (χ4v) is 2.84. The van der Waals surface area contributed by atoms with E-state index in [4.69, 9.17) is 21.8 Å². The minimum Gasteiger partial charge on any atom is -0.481 e. The highest BCUT2D eigenvalue weighted by molar-refractivity contribution is 7.99. The Labute approximate surface area is 130 Å². The second kappa shape index (κ2) is 6.65. The Kier molecular flexibility index (Phi) is 4.88. The highest BCUT2D eigenvalue weighted by Gasteiger charge is 2.08. The molecule has 21 heavy (non-hydrogen) atoms. The van der Waals surface area contributed by atoms with Crippen LogP contribution in [0.15, 0.2) is 52.3 Å². The van der Waals surface area contributed by atoms with Crippen LogP contribution in [0, 0.1) is 0 Å². The van der Waals surface area contributed by atoms with Gasteiger partial charge in [-0.05, 0) is 42.0 Å². The first-order valence-electron chi connectivity index (χ1n) is 5.97. The Balaban J connectivity index is 2.15. The normalized spacial score (nSPS) is 10.3. The number of rotatable bonds is 5. The summed E-state index contributed by atoms with van der Waals surface area (Å²) in [5.41, 5.74) is 0.861. The molecule has 0 spiro atoms. The van der Waals surface area contributed by atoms with E-state index in [-0.39, 0.29) is 12.0 Å². The van der Waals surface area contributed by atoms with Crippen LogP contribution in [0.2, 0.25) is 5.02 Å². The van der Waals surface area contributed by atoms with Crippen LogP contribution in [0.4, 0.5) is 0 Å². The number of benzene rings is 2. The Bertz CT molecular complexity index is 683. The molecule has 2 rings (SSSR count). The summed E-state index contributed by atoms with van der Waals surface area (Å²) in [6.45, 7) is 0. The maximum Gasteiger partial charge on any atom is 0.335 e. The van der Waals surface area contributed by atoms with E-state index in [0.29, 0.717) is 10.6 Å². The Hall–Kier alpha value is -1.98. The number of halogens is 1. The first-order valence-corrected chi connectivity index (χ1v) is 7.16. The molecule has 0 aliphatic carbocycles. The maximum absolute atomic E-state index is 10.8. The van der Waals surface area contributed by atoms with Gasteiger partial charge in [-0.3, -0.25) is 4.79 Å². The Morgan fingerprint density at radius 2 is 1.71 bits per heavy atom. The van der Waals surface area contributed by atoms with Gasteiger partial charge in [0.2, 0.25) is 0 Å². The van der Waals surface area contributed by atoms with Crippen LogP contribution in [0.25, 0.3) is 0 Å². The Morgan fingerprint density at radius 3 is 2.24 bits per heavy atom. The summed E-state index contributed by atoms with van der Waals surface area (Å²) in [6, 6.07) is 11.6. The zero-order valence-corrected chi connectivity index (χ0v) is 12.3. The van der Waals surface area contributed by atoms with Crippen molar-refractivity contribution in [2.24, 2.45) is 0 Å². The number of carboxylic acids is 2. The van der Waals surface area contributed by atoms with Crippen LogP contribution in [0.1, 0.15) is 15.9 Å². The van der Waals surface area contributed by atoms with Crippen molar-refractivity contribution < 1.29 is 19.8 Å². The smallest absolute Gasteiger partial charge is 0.335 e. The standard InChI is InChI=1S/C15H11ClO4S/c16-12-7-9(8-14(17)18)1-6-13(12)21-11-4-2-10(3-5-11)15(19)20/h1-7H,8H2,(H,17,18)(H,19,20). The van der Waals surface area contributed by atoms with Crippen molar-refractivity contribution in [2.75, 3.05) is 0 Å². The molecule has 2 aromatic carbocycles. The molecule has 0 radical (unpaired) electrons. The molecule has 0 amide bonds. The number of carboxylic acid groups (broad SMARTS) is 2. The summed E-state index contributed by atoms with van der Waals surface area (Å²) in [5.74, 6) is -1.88. The molecule has 108 valence electrons. The number of hydrogen-bond acceptors (Lipinski definition) is 3. The van der Waals surface area contributed by atoms with E-state index in [2.05, 4.69) is 0 Å². The number of carbonyl (C=O) groups is 2. The van der Waals surface area contributed by atoms with Crippen LogP contribution in [0.5, 0.6) is 0 Å². The van der Waals surface area contributed by atoms with Crippen LogP contribution in [0.3, 0.4) is 0 Å². The molecule has 0 saturated heterocycles. The molecule has 0 heterocycles. The molecule has 0 aromatic heterocycles. The molecule has 0 fully saturated rings. The minimum absolute atomic E-state index is 0.0715. The van der Waals surface area contributed by atoms with Gasteiger partial charge < -0.3 is 10.2 Å². The van der Waals surface area contributed by atoms with Crippen molar-refractivity contribution in [3.63, 3.8) is 0 Å². The topological polar surface area (TPSA) is 74.6 Å². The quantitative estimate of drug-likeness (QED) is 0.875. The third-order valence-corrected chi connectivity index (χ3v) is 4.19. The monoisotopic (exact) mass is 322 g/mol. The van der Waals surface area contributed by atoms with Crippen molar-refractivity contribution in [1.82, 2.24) is 0 Å². The van der Waals surface area contributed by atoms with Crippen molar-refractivity contribution in [3.05, 3.63) is 58.6 Å². The van der Waals surface area contributed by atoms with Crippen molar-refractivity contribution in [2.45, 2.75) is 16.2 Å². The van der Waals surface area contributed by atoms with E-state index in [1.54, 1.807) is 30.3 Å². The van der Waals surface area contributed by atoms with Crippen molar-refractivity contribution >= 4 is 35.3 Å². The molecule has 0 atom stereocenters. The van der Waals surface area contributed by atoms with Crippen LogP contribution < -0.4 is 0 Å². The lowest BCUT2D eigenvalue weighted by Crippen LogP contribution is -1.99. The van der Waals surface area contributed by atoms with Gasteiger partial charge in [-0.15, -0.1) is 0 Å². The molecule has 2 N–H and O–H groups in total. The second-order valence-electron chi connectivity index (χ2n) is 4.27. The van der Waals surface area contributed by atoms with Gasteiger partial charge in [0, 0.05) is 9.79 Å². The van der Waals surface area contributed by atoms with Gasteiger partial charge in [-0.2, -0.15) is 0 Å². The Morgan fingerprint density at radius 1 is 1.05 bits per heavy atom. The predicted octanol–water partition coefficient (Wildman–Crippen LogP) is 3.82. The van der Waals surface area contributed by atoms with E-state index < -0.39 is 11.9 Å². The van der Waals surface area contributed by atoms with Gasteiger partial charge in [0.25, 0.3) is 0 Å². The number of hydrogen-bond donors (Lipinski definition) is 2. The second-order valence-corrected chi connectivity index (χ2v) is 5.79. The van der Waals surface area contributed by atoms with E-state index in [1.807, 2.05) is 0 Å². The summed E-state index contributed by atoms with van der Waals surface area (Å²) in [6.07, 6.45) is -0.0715.